The Bertz CT molecular complexity index is 1330. The van der Waals surface area contributed by atoms with Crippen molar-refractivity contribution in [3.63, 3.8) is 0 Å². The van der Waals surface area contributed by atoms with Gasteiger partial charge in [0.05, 0.1) is 15.5 Å². The smallest absolute Gasteiger partial charge is 0.395 e. The molecule has 0 saturated heterocycles. The highest BCUT2D eigenvalue weighted by Gasteiger charge is 2.32. The van der Waals surface area contributed by atoms with Crippen LogP contribution in [0.1, 0.15) is 4.88 Å². The average molecular weight is 503 g/mol. The fraction of sp³-hybridized carbons (Fsp3) is 0.0952. The number of alkyl halides is 3. The summed E-state index contributed by atoms with van der Waals surface area (Å²) in [6.07, 6.45) is -3.12. The molecule has 4 nitrogen and oxygen atoms in total. The highest BCUT2D eigenvalue weighted by Crippen LogP contribution is 2.32. The summed E-state index contributed by atoms with van der Waals surface area (Å²) >= 11 is 6.90. The standard InChI is InChI=1S/C21H15ClF4N2O2S2/c1-32(29,30)14-4-2-3-12(9-14)18-7-8-19(31-18)17(11-20(27)21(24,25)26)28-16-10-13(22)5-6-15(16)23/h2-11H,27H2,1H3/b20-11-,28-17?. The van der Waals surface area contributed by atoms with E-state index in [4.69, 9.17) is 17.3 Å². The minimum absolute atomic E-state index is 0.0982. The number of halogens is 5. The number of aliphatic imine (C=N–C) groups is 1. The minimum Gasteiger partial charge on any atom is -0.395 e. The Morgan fingerprint density at radius 3 is 2.50 bits per heavy atom. The molecule has 3 rings (SSSR count). The van der Waals surface area contributed by atoms with Crippen molar-refractivity contribution in [1.82, 2.24) is 0 Å². The Balaban J connectivity index is 2.12. The third-order valence-electron chi connectivity index (χ3n) is 4.17. The van der Waals surface area contributed by atoms with Crippen LogP contribution in [0.25, 0.3) is 10.4 Å². The topological polar surface area (TPSA) is 72.5 Å². The van der Waals surface area contributed by atoms with Gasteiger partial charge in [-0.15, -0.1) is 11.3 Å². The summed E-state index contributed by atoms with van der Waals surface area (Å²) in [5.74, 6) is -0.775. The molecule has 2 aromatic carbocycles. The van der Waals surface area contributed by atoms with E-state index in [1.165, 1.54) is 30.3 Å². The van der Waals surface area contributed by atoms with Crippen LogP contribution in [0, 0.1) is 5.82 Å². The van der Waals surface area contributed by atoms with E-state index >= 15 is 0 Å². The van der Waals surface area contributed by atoms with Crippen molar-refractivity contribution in [3.8, 4) is 10.4 Å². The zero-order valence-corrected chi connectivity index (χ0v) is 18.7. The number of nitrogens with zero attached hydrogens (tertiary/aromatic N) is 1. The first-order chi connectivity index (χ1) is 14.8. The molecule has 0 fully saturated rings. The van der Waals surface area contributed by atoms with E-state index in [2.05, 4.69) is 4.99 Å². The highest BCUT2D eigenvalue weighted by atomic mass is 35.5. The molecule has 1 heterocycles. The van der Waals surface area contributed by atoms with Crippen LogP contribution in [0.5, 0.6) is 0 Å². The molecule has 1 aromatic heterocycles. The normalized spacial score (nSPS) is 13.4. The summed E-state index contributed by atoms with van der Waals surface area (Å²) in [6.45, 7) is 0. The van der Waals surface area contributed by atoms with Crippen molar-refractivity contribution < 1.29 is 26.0 Å². The van der Waals surface area contributed by atoms with E-state index in [9.17, 15) is 26.0 Å². The van der Waals surface area contributed by atoms with Gasteiger partial charge in [-0.05, 0) is 54.1 Å². The fourth-order valence-electron chi connectivity index (χ4n) is 2.60. The number of thiophene rings is 1. The predicted octanol–water partition coefficient (Wildman–Crippen LogP) is 6.14. The maximum Gasteiger partial charge on any atom is 0.430 e. The van der Waals surface area contributed by atoms with Gasteiger partial charge in [-0.1, -0.05) is 23.7 Å². The first-order valence-corrected chi connectivity index (χ1v) is 11.9. The molecule has 0 atom stereocenters. The molecular weight excluding hydrogens is 488 g/mol. The summed E-state index contributed by atoms with van der Waals surface area (Å²) in [5, 5.41) is 0.154. The van der Waals surface area contributed by atoms with E-state index in [1.807, 2.05) is 0 Å². The predicted molar refractivity (Wildman–Crippen MR) is 119 cm³/mol. The Hall–Kier alpha value is -2.69. The largest absolute Gasteiger partial charge is 0.430 e. The van der Waals surface area contributed by atoms with Crippen molar-refractivity contribution >= 4 is 44.2 Å². The zero-order chi connectivity index (χ0) is 23.7. The molecule has 3 aromatic rings. The van der Waals surface area contributed by atoms with Gasteiger partial charge in [-0.2, -0.15) is 13.2 Å². The van der Waals surface area contributed by atoms with Gasteiger partial charge in [0.25, 0.3) is 0 Å². The van der Waals surface area contributed by atoms with E-state index in [0.29, 0.717) is 16.5 Å². The number of allylic oxidation sites excluding steroid dienone is 2. The van der Waals surface area contributed by atoms with Crippen LogP contribution in [0.2, 0.25) is 5.02 Å². The molecule has 0 aliphatic carbocycles. The molecule has 0 unspecified atom stereocenters. The van der Waals surface area contributed by atoms with Crippen LogP contribution in [0.3, 0.4) is 0 Å². The molecule has 0 aliphatic rings. The van der Waals surface area contributed by atoms with Crippen LogP contribution < -0.4 is 5.73 Å². The van der Waals surface area contributed by atoms with Gasteiger partial charge in [-0.25, -0.2) is 17.8 Å². The number of hydrogen-bond acceptors (Lipinski definition) is 5. The lowest BCUT2D eigenvalue weighted by Crippen LogP contribution is -2.20. The maximum absolute atomic E-state index is 14.2. The summed E-state index contributed by atoms with van der Waals surface area (Å²) in [5.41, 5.74) is 3.82. The van der Waals surface area contributed by atoms with E-state index in [0.717, 1.165) is 23.7 Å². The number of nitrogens with two attached hydrogens (primary N) is 1. The van der Waals surface area contributed by atoms with Crippen molar-refractivity contribution in [2.45, 2.75) is 11.1 Å². The van der Waals surface area contributed by atoms with Crippen LogP contribution >= 0.6 is 22.9 Å². The van der Waals surface area contributed by atoms with Crippen LogP contribution in [-0.2, 0) is 9.84 Å². The molecule has 0 saturated carbocycles. The Morgan fingerprint density at radius 1 is 1.12 bits per heavy atom. The van der Waals surface area contributed by atoms with Crippen molar-refractivity contribution in [3.05, 3.63) is 82.1 Å². The SMILES string of the molecule is CS(=O)(=O)c1cccc(-c2ccc(C(/C=C(\N)C(F)(F)F)=Nc3cc(Cl)ccc3F)s2)c1. The monoisotopic (exact) mass is 502 g/mol. The molecular formula is C21H15ClF4N2O2S2. The number of benzene rings is 2. The molecule has 32 heavy (non-hydrogen) atoms. The lowest BCUT2D eigenvalue weighted by Gasteiger charge is -2.08. The Morgan fingerprint density at radius 2 is 1.84 bits per heavy atom. The molecule has 2 N–H and O–H groups in total. The van der Waals surface area contributed by atoms with Gasteiger partial charge in [0.1, 0.15) is 17.2 Å². The third kappa shape index (κ3) is 5.76. The summed E-state index contributed by atoms with van der Waals surface area (Å²) in [4.78, 5) is 4.95. The quantitative estimate of drug-likeness (QED) is 0.336. The van der Waals surface area contributed by atoms with Gasteiger partial charge in [0.2, 0.25) is 0 Å². The van der Waals surface area contributed by atoms with Gasteiger partial charge >= 0.3 is 6.18 Å². The summed E-state index contributed by atoms with van der Waals surface area (Å²) in [7, 11) is -3.45. The maximum atomic E-state index is 14.2. The lowest BCUT2D eigenvalue weighted by molar-refractivity contribution is -0.0925. The first-order valence-electron chi connectivity index (χ1n) is 8.83. The zero-order valence-electron chi connectivity index (χ0n) is 16.3. The second kappa shape index (κ2) is 9.05. The van der Waals surface area contributed by atoms with Crippen molar-refractivity contribution in [2.24, 2.45) is 10.7 Å². The molecule has 0 radical (unpaired) electrons. The van der Waals surface area contributed by atoms with Crippen LogP contribution in [-0.4, -0.2) is 26.6 Å². The highest BCUT2D eigenvalue weighted by molar-refractivity contribution is 7.90. The molecule has 0 amide bonds. The minimum atomic E-state index is -4.81. The first kappa shape index (κ1) is 24.0. The molecule has 0 spiro atoms. The average Bonchev–Trinajstić information content (AvgIpc) is 3.19. The third-order valence-corrected chi connectivity index (χ3v) is 6.68. The fourth-order valence-corrected chi connectivity index (χ4v) is 4.40. The number of rotatable bonds is 5. The summed E-state index contributed by atoms with van der Waals surface area (Å²) in [6, 6.07) is 12.7. The summed E-state index contributed by atoms with van der Waals surface area (Å²) < 4.78 is 76.9. The van der Waals surface area contributed by atoms with Gasteiger partial charge in [-0.3, -0.25) is 0 Å². The van der Waals surface area contributed by atoms with E-state index in [-0.39, 0.29) is 26.2 Å². The molecule has 0 aliphatic heterocycles. The van der Waals surface area contributed by atoms with E-state index < -0.39 is 27.5 Å². The molecule has 11 heteroatoms. The van der Waals surface area contributed by atoms with Gasteiger partial charge < -0.3 is 5.73 Å². The van der Waals surface area contributed by atoms with Gasteiger partial charge in [0.15, 0.2) is 9.84 Å². The Labute approximate surface area is 190 Å². The van der Waals surface area contributed by atoms with Gasteiger partial charge in [0, 0.05) is 16.2 Å². The van der Waals surface area contributed by atoms with Crippen molar-refractivity contribution in [1.29, 1.82) is 0 Å². The van der Waals surface area contributed by atoms with Crippen LogP contribution in [0.15, 0.2) is 76.3 Å². The Kier molecular flexibility index (Phi) is 6.77. The number of hydrogen-bond donors (Lipinski definition) is 1. The number of sulfone groups is 1. The van der Waals surface area contributed by atoms with E-state index in [1.54, 1.807) is 18.2 Å². The van der Waals surface area contributed by atoms with Crippen molar-refractivity contribution in [2.75, 3.05) is 6.26 Å². The second-order valence-electron chi connectivity index (χ2n) is 6.65. The molecule has 168 valence electrons. The second-order valence-corrected chi connectivity index (χ2v) is 10.2. The lowest BCUT2D eigenvalue weighted by atomic mass is 10.2. The molecule has 0 bridgehead atoms. The van der Waals surface area contributed by atoms with Crippen LogP contribution in [0.4, 0.5) is 23.2 Å².